The first-order valence-electron chi connectivity index (χ1n) is 5.85. The van der Waals surface area contributed by atoms with E-state index in [2.05, 4.69) is 18.3 Å². The summed E-state index contributed by atoms with van der Waals surface area (Å²) in [5.74, 6) is 0.0439. The van der Waals surface area contributed by atoms with E-state index in [1.807, 2.05) is 24.3 Å². The Morgan fingerprint density at radius 3 is 2.94 bits per heavy atom. The second-order valence-corrected chi connectivity index (χ2v) is 5.42. The Balaban J connectivity index is 2.17. The van der Waals surface area contributed by atoms with E-state index in [0.717, 1.165) is 17.7 Å². The Kier molecular flexibility index (Phi) is 2.30. The first kappa shape index (κ1) is 10.8. The summed E-state index contributed by atoms with van der Waals surface area (Å²) in [5, 5.41) is 2.79. The number of hydrogen-bond donors (Lipinski definition) is 1. The number of allylic oxidation sites excluding steroid dienone is 2. The summed E-state index contributed by atoms with van der Waals surface area (Å²) in [6.45, 7) is 2.07. The van der Waals surface area contributed by atoms with E-state index in [1.54, 1.807) is 0 Å². The third-order valence-electron chi connectivity index (χ3n) is 3.87. The molecule has 0 aromatic heterocycles. The van der Waals surface area contributed by atoms with Gasteiger partial charge in [0.05, 0.1) is 10.8 Å². The van der Waals surface area contributed by atoms with Crippen molar-refractivity contribution >= 4 is 23.2 Å². The molecule has 3 heteroatoms. The lowest BCUT2D eigenvalue weighted by Crippen LogP contribution is -2.44. The highest BCUT2D eigenvalue weighted by molar-refractivity contribution is 6.26. The smallest absolute Gasteiger partial charge is 0.236 e. The maximum atomic E-state index is 12.3. The van der Waals surface area contributed by atoms with E-state index in [1.165, 1.54) is 5.57 Å². The molecule has 1 amide bonds. The summed E-state index contributed by atoms with van der Waals surface area (Å²) in [4.78, 5) is 12.3. The summed E-state index contributed by atoms with van der Waals surface area (Å²) in [6, 6.07) is 7.86. The molecule has 2 atom stereocenters. The average molecular weight is 248 g/mol. The molecule has 1 heterocycles. The molecule has 1 aromatic rings. The van der Waals surface area contributed by atoms with Crippen LogP contribution in [0.5, 0.6) is 0 Å². The molecule has 0 fully saturated rings. The number of hydrogen-bond acceptors (Lipinski definition) is 1. The Hall–Kier alpha value is -1.28. The lowest BCUT2D eigenvalue weighted by molar-refractivity contribution is -0.121. The van der Waals surface area contributed by atoms with Crippen LogP contribution in [-0.4, -0.2) is 11.3 Å². The predicted molar refractivity (Wildman–Crippen MR) is 69.4 cm³/mol. The number of para-hydroxylation sites is 1. The van der Waals surface area contributed by atoms with Gasteiger partial charge in [-0.1, -0.05) is 29.8 Å². The number of benzene rings is 1. The number of halogens is 1. The minimum atomic E-state index is -0.558. The number of carbonyl (C=O) groups excluding carboxylic acids is 1. The van der Waals surface area contributed by atoms with E-state index < -0.39 is 5.41 Å². The largest absolute Gasteiger partial charge is 0.325 e. The fraction of sp³-hybridized carbons (Fsp3) is 0.357. The van der Waals surface area contributed by atoms with Crippen molar-refractivity contribution in [3.05, 3.63) is 41.5 Å². The van der Waals surface area contributed by atoms with Crippen LogP contribution in [0, 0.1) is 0 Å². The molecule has 3 rings (SSSR count). The molecule has 0 unspecified atom stereocenters. The Morgan fingerprint density at radius 1 is 1.41 bits per heavy atom. The third kappa shape index (κ3) is 1.37. The van der Waals surface area contributed by atoms with Gasteiger partial charge in [-0.15, -0.1) is 11.6 Å². The van der Waals surface area contributed by atoms with Crippen LogP contribution in [-0.2, 0) is 10.2 Å². The molecule has 1 aliphatic carbocycles. The first-order valence-corrected chi connectivity index (χ1v) is 6.29. The number of rotatable bonds is 0. The Bertz CT molecular complexity index is 523. The number of carbonyl (C=O) groups is 1. The van der Waals surface area contributed by atoms with E-state index in [9.17, 15) is 4.79 Å². The first-order chi connectivity index (χ1) is 8.14. The summed E-state index contributed by atoms with van der Waals surface area (Å²) < 4.78 is 0. The number of anilines is 1. The molecule has 0 bridgehead atoms. The van der Waals surface area contributed by atoms with Crippen molar-refractivity contribution in [1.29, 1.82) is 0 Å². The molecule has 0 saturated heterocycles. The van der Waals surface area contributed by atoms with Crippen LogP contribution in [0.3, 0.4) is 0 Å². The fourth-order valence-electron chi connectivity index (χ4n) is 2.85. The van der Waals surface area contributed by atoms with Gasteiger partial charge in [-0.25, -0.2) is 0 Å². The van der Waals surface area contributed by atoms with Gasteiger partial charge in [0.2, 0.25) is 5.91 Å². The standard InChI is InChI=1S/C14H14ClNO/c1-9-6-7-14(12(15)8-9)10-4-2-3-5-11(10)16-13(14)17/h2-6,12H,7-8H2,1H3,(H,16,17)/t12-,14+/m0/s1. The quantitative estimate of drug-likeness (QED) is 0.554. The van der Waals surface area contributed by atoms with Crippen molar-refractivity contribution in [3.8, 4) is 0 Å². The van der Waals surface area contributed by atoms with Crippen LogP contribution >= 0.6 is 11.6 Å². The minimum Gasteiger partial charge on any atom is -0.325 e. The summed E-state index contributed by atoms with van der Waals surface area (Å²) in [6.07, 6.45) is 3.62. The fourth-order valence-corrected chi connectivity index (χ4v) is 3.40. The average Bonchev–Trinajstić information content (AvgIpc) is 2.58. The van der Waals surface area contributed by atoms with Crippen molar-refractivity contribution in [3.63, 3.8) is 0 Å². The number of fused-ring (bicyclic) bond motifs is 2. The van der Waals surface area contributed by atoms with Crippen LogP contribution in [0.2, 0.25) is 0 Å². The summed E-state index contributed by atoms with van der Waals surface area (Å²) in [5.41, 5.74) is 2.68. The van der Waals surface area contributed by atoms with E-state index in [0.29, 0.717) is 6.42 Å². The molecule has 1 aromatic carbocycles. The number of amides is 1. The molecular formula is C14H14ClNO. The molecule has 1 spiro atoms. The topological polar surface area (TPSA) is 29.1 Å². The van der Waals surface area contributed by atoms with Gasteiger partial charge in [-0.05, 0) is 31.4 Å². The Labute approximate surface area is 106 Å². The molecule has 17 heavy (non-hydrogen) atoms. The van der Waals surface area contributed by atoms with Crippen LogP contribution in [0.15, 0.2) is 35.9 Å². The Morgan fingerprint density at radius 2 is 2.18 bits per heavy atom. The van der Waals surface area contributed by atoms with Gasteiger partial charge in [0, 0.05) is 5.69 Å². The molecule has 88 valence electrons. The zero-order valence-corrected chi connectivity index (χ0v) is 10.4. The molecule has 1 aliphatic heterocycles. The van der Waals surface area contributed by atoms with Gasteiger partial charge in [-0.2, -0.15) is 0 Å². The SMILES string of the molecule is CC1=CC[C@]2(C(=O)Nc3ccccc32)[C@@H](Cl)C1. The number of nitrogens with one attached hydrogen (secondary N) is 1. The molecule has 2 aliphatic rings. The van der Waals surface area contributed by atoms with Gasteiger partial charge in [-0.3, -0.25) is 4.79 Å². The predicted octanol–water partition coefficient (Wildman–Crippen LogP) is 3.22. The number of alkyl halides is 1. The van der Waals surface area contributed by atoms with Crippen molar-refractivity contribution in [2.24, 2.45) is 0 Å². The van der Waals surface area contributed by atoms with Crippen molar-refractivity contribution in [2.45, 2.75) is 30.6 Å². The molecule has 0 saturated carbocycles. The zero-order chi connectivity index (χ0) is 12.0. The zero-order valence-electron chi connectivity index (χ0n) is 9.66. The van der Waals surface area contributed by atoms with Gasteiger partial charge in [0.1, 0.15) is 0 Å². The van der Waals surface area contributed by atoms with Gasteiger partial charge in [0.15, 0.2) is 0 Å². The van der Waals surface area contributed by atoms with E-state index >= 15 is 0 Å². The van der Waals surface area contributed by atoms with Gasteiger partial charge in [0.25, 0.3) is 0 Å². The highest BCUT2D eigenvalue weighted by Crippen LogP contribution is 2.48. The lowest BCUT2D eigenvalue weighted by Gasteiger charge is -2.35. The van der Waals surface area contributed by atoms with Gasteiger partial charge >= 0.3 is 0 Å². The van der Waals surface area contributed by atoms with Crippen LogP contribution < -0.4 is 5.32 Å². The molecular weight excluding hydrogens is 234 g/mol. The second-order valence-electron chi connectivity index (χ2n) is 4.90. The minimum absolute atomic E-state index is 0.0439. The highest BCUT2D eigenvalue weighted by Gasteiger charge is 2.52. The van der Waals surface area contributed by atoms with E-state index in [-0.39, 0.29) is 11.3 Å². The molecule has 0 radical (unpaired) electrons. The summed E-state index contributed by atoms with van der Waals surface area (Å²) in [7, 11) is 0. The monoisotopic (exact) mass is 247 g/mol. The summed E-state index contributed by atoms with van der Waals surface area (Å²) >= 11 is 6.50. The lowest BCUT2D eigenvalue weighted by atomic mass is 9.71. The van der Waals surface area contributed by atoms with Crippen LogP contribution in [0.1, 0.15) is 25.3 Å². The second kappa shape index (κ2) is 3.61. The maximum Gasteiger partial charge on any atom is 0.236 e. The van der Waals surface area contributed by atoms with Gasteiger partial charge < -0.3 is 5.32 Å². The van der Waals surface area contributed by atoms with Crippen LogP contribution in [0.25, 0.3) is 0 Å². The normalized spacial score (nSPS) is 31.1. The van der Waals surface area contributed by atoms with E-state index in [4.69, 9.17) is 11.6 Å². The molecule has 1 N–H and O–H groups in total. The van der Waals surface area contributed by atoms with Crippen LogP contribution in [0.4, 0.5) is 5.69 Å². The molecule has 2 nitrogen and oxygen atoms in total. The third-order valence-corrected chi connectivity index (χ3v) is 4.40. The van der Waals surface area contributed by atoms with Crippen molar-refractivity contribution in [1.82, 2.24) is 0 Å². The maximum absolute atomic E-state index is 12.3. The van der Waals surface area contributed by atoms with Crippen molar-refractivity contribution in [2.75, 3.05) is 5.32 Å². The highest BCUT2D eigenvalue weighted by atomic mass is 35.5. The van der Waals surface area contributed by atoms with Crippen molar-refractivity contribution < 1.29 is 4.79 Å².